The lowest BCUT2D eigenvalue weighted by Gasteiger charge is -2.35. The molecule has 0 atom stereocenters. The molecule has 2 aromatic rings. The summed E-state index contributed by atoms with van der Waals surface area (Å²) in [6.45, 7) is 2.68. The lowest BCUT2D eigenvalue weighted by Crippen LogP contribution is -2.49. The van der Waals surface area contributed by atoms with Crippen LogP contribution in [-0.4, -0.2) is 48.4 Å². The zero-order valence-corrected chi connectivity index (χ0v) is 13.7. The third-order valence-corrected chi connectivity index (χ3v) is 4.16. The Bertz CT molecular complexity index is 728. The first-order valence-electron chi connectivity index (χ1n) is 7.64. The second-order valence-electron chi connectivity index (χ2n) is 5.44. The van der Waals surface area contributed by atoms with E-state index in [1.165, 1.54) is 0 Å². The molecular weight excluding hydrogens is 328 g/mol. The average Bonchev–Trinajstić information content (AvgIpc) is 2.62. The van der Waals surface area contributed by atoms with Gasteiger partial charge in [-0.2, -0.15) is 0 Å². The van der Waals surface area contributed by atoms with Gasteiger partial charge in [0, 0.05) is 37.4 Å². The molecule has 24 heavy (non-hydrogen) atoms. The number of hydrogen-bond acceptors (Lipinski definition) is 4. The normalized spacial score (nSPS) is 14.4. The fourth-order valence-corrected chi connectivity index (χ4v) is 2.83. The lowest BCUT2D eigenvalue weighted by atomic mass is 10.1. The van der Waals surface area contributed by atoms with Gasteiger partial charge in [0.05, 0.1) is 0 Å². The number of carbonyl (C=O) groups excluding carboxylic acids is 2. The predicted molar refractivity (Wildman–Crippen MR) is 93.5 cm³/mol. The van der Waals surface area contributed by atoms with Gasteiger partial charge in [-0.1, -0.05) is 17.7 Å². The van der Waals surface area contributed by atoms with Gasteiger partial charge in [0.2, 0.25) is 6.41 Å². The van der Waals surface area contributed by atoms with Gasteiger partial charge in [-0.25, -0.2) is 4.98 Å². The molecule has 124 valence electrons. The summed E-state index contributed by atoms with van der Waals surface area (Å²) < 4.78 is 0. The number of rotatable bonds is 4. The number of nitrogens with zero attached hydrogens (tertiary/aromatic N) is 3. The Balaban J connectivity index is 1.61. The molecule has 1 N–H and O–H groups in total. The van der Waals surface area contributed by atoms with Gasteiger partial charge in [-0.05, 0) is 36.4 Å². The van der Waals surface area contributed by atoms with Crippen LogP contribution in [0.4, 0.5) is 11.5 Å². The fraction of sp³-hybridized carbons (Fsp3) is 0.235. The summed E-state index contributed by atoms with van der Waals surface area (Å²) in [7, 11) is 0. The van der Waals surface area contributed by atoms with E-state index in [1.807, 2.05) is 17.0 Å². The van der Waals surface area contributed by atoms with E-state index < -0.39 is 0 Å². The first-order valence-corrected chi connectivity index (χ1v) is 8.02. The van der Waals surface area contributed by atoms with Gasteiger partial charge in [0.1, 0.15) is 11.0 Å². The van der Waals surface area contributed by atoms with E-state index in [4.69, 9.17) is 11.6 Å². The monoisotopic (exact) mass is 344 g/mol. The van der Waals surface area contributed by atoms with Crippen molar-refractivity contribution in [2.75, 3.05) is 36.4 Å². The maximum atomic E-state index is 12.5. The second-order valence-corrected chi connectivity index (χ2v) is 5.82. The van der Waals surface area contributed by atoms with E-state index in [0.717, 1.165) is 5.82 Å². The van der Waals surface area contributed by atoms with E-state index in [-0.39, 0.29) is 5.91 Å². The molecule has 1 aliphatic heterocycles. The maximum absolute atomic E-state index is 12.5. The summed E-state index contributed by atoms with van der Waals surface area (Å²) in [5.41, 5.74) is 1.28. The van der Waals surface area contributed by atoms with Crippen LogP contribution in [0.15, 0.2) is 42.5 Å². The number of carbonyl (C=O) groups is 2. The van der Waals surface area contributed by atoms with Crippen molar-refractivity contribution < 1.29 is 9.59 Å². The van der Waals surface area contributed by atoms with Crippen LogP contribution in [0.3, 0.4) is 0 Å². The Hall–Kier alpha value is -2.60. The van der Waals surface area contributed by atoms with Crippen molar-refractivity contribution in [3.8, 4) is 0 Å². The molecule has 1 aromatic heterocycles. The van der Waals surface area contributed by atoms with Gasteiger partial charge in [-0.3, -0.25) is 9.59 Å². The molecule has 0 saturated carbocycles. The number of halogens is 1. The van der Waals surface area contributed by atoms with Crippen molar-refractivity contribution in [1.29, 1.82) is 0 Å². The Morgan fingerprint density at radius 1 is 1.08 bits per heavy atom. The molecule has 3 rings (SSSR count). The molecule has 1 fully saturated rings. The number of pyridine rings is 1. The highest BCUT2D eigenvalue weighted by molar-refractivity contribution is 6.29. The van der Waals surface area contributed by atoms with E-state index in [9.17, 15) is 9.59 Å². The van der Waals surface area contributed by atoms with Crippen molar-refractivity contribution in [2.45, 2.75) is 0 Å². The third kappa shape index (κ3) is 3.65. The minimum atomic E-state index is -0.00800. The zero-order valence-electron chi connectivity index (χ0n) is 13.0. The third-order valence-electron chi connectivity index (χ3n) is 3.95. The first kappa shape index (κ1) is 16.3. The molecule has 1 aliphatic rings. The van der Waals surface area contributed by atoms with Crippen molar-refractivity contribution in [1.82, 2.24) is 9.88 Å². The molecule has 1 saturated heterocycles. The van der Waals surface area contributed by atoms with Gasteiger partial charge in [-0.15, -0.1) is 0 Å². The molecule has 2 heterocycles. The first-order chi connectivity index (χ1) is 11.7. The number of amides is 2. The van der Waals surface area contributed by atoms with Gasteiger partial charge in [0.25, 0.3) is 5.91 Å². The van der Waals surface area contributed by atoms with E-state index in [2.05, 4.69) is 15.2 Å². The van der Waals surface area contributed by atoms with Crippen molar-refractivity contribution >= 4 is 35.4 Å². The van der Waals surface area contributed by atoms with Crippen molar-refractivity contribution in [3.05, 3.63) is 53.2 Å². The minimum Gasteiger partial charge on any atom is -0.353 e. The minimum absolute atomic E-state index is 0.00800. The van der Waals surface area contributed by atoms with Gasteiger partial charge < -0.3 is 15.1 Å². The molecule has 7 heteroatoms. The maximum Gasteiger partial charge on any atom is 0.253 e. The Labute approximate surface area is 145 Å². The largest absolute Gasteiger partial charge is 0.353 e. The van der Waals surface area contributed by atoms with Crippen LogP contribution >= 0.6 is 11.6 Å². The number of nitrogens with one attached hydrogen (secondary N) is 1. The van der Waals surface area contributed by atoms with Crippen LogP contribution in [0.1, 0.15) is 10.4 Å². The van der Waals surface area contributed by atoms with E-state index in [0.29, 0.717) is 49.0 Å². The quantitative estimate of drug-likeness (QED) is 0.682. The van der Waals surface area contributed by atoms with E-state index in [1.54, 1.807) is 30.3 Å². The Morgan fingerprint density at radius 2 is 1.79 bits per heavy atom. The topological polar surface area (TPSA) is 65.5 Å². The van der Waals surface area contributed by atoms with Crippen molar-refractivity contribution in [2.24, 2.45) is 0 Å². The molecule has 2 amide bonds. The highest BCUT2D eigenvalue weighted by atomic mass is 35.5. The van der Waals surface area contributed by atoms with Gasteiger partial charge in [0.15, 0.2) is 0 Å². The van der Waals surface area contributed by atoms with Crippen LogP contribution in [0.2, 0.25) is 5.15 Å². The zero-order chi connectivity index (χ0) is 16.9. The van der Waals surface area contributed by atoms with Crippen LogP contribution in [0, 0.1) is 0 Å². The molecule has 0 radical (unpaired) electrons. The summed E-state index contributed by atoms with van der Waals surface area (Å²) in [5, 5.41) is 3.02. The molecule has 0 spiro atoms. The molecule has 0 unspecified atom stereocenters. The number of hydrogen-bond donors (Lipinski definition) is 1. The van der Waals surface area contributed by atoms with Crippen LogP contribution in [0.5, 0.6) is 0 Å². The summed E-state index contributed by atoms with van der Waals surface area (Å²) >= 11 is 5.93. The predicted octanol–water partition coefficient (Wildman–Crippen LogP) is 2.27. The number of piperazine rings is 1. The second kappa shape index (κ2) is 7.31. The van der Waals surface area contributed by atoms with Crippen LogP contribution in [0.25, 0.3) is 0 Å². The Morgan fingerprint density at radius 3 is 2.42 bits per heavy atom. The van der Waals surface area contributed by atoms with Crippen molar-refractivity contribution in [3.63, 3.8) is 0 Å². The summed E-state index contributed by atoms with van der Waals surface area (Å²) in [6.07, 6.45) is 0.611. The Kier molecular flexibility index (Phi) is 4.96. The summed E-state index contributed by atoms with van der Waals surface area (Å²) in [4.78, 5) is 31.2. The molecule has 6 nitrogen and oxygen atoms in total. The highest BCUT2D eigenvalue weighted by Gasteiger charge is 2.22. The van der Waals surface area contributed by atoms with Gasteiger partial charge >= 0.3 is 0 Å². The smallest absolute Gasteiger partial charge is 0.253 e. The number of aromatic nitrogens is 1. The van der Waals surface area contributed by atoms with Crippen LogP contribution in [-0.2, 0) is 4.79 Å². The molecule has 0 bridgehead atoms. The highest BCUT2D eigenvalue weighted by Crippen LogP contribution is 2.18. The SMILES string of the molecule is O=CNc1ccc(C(=O)N2CCN(c3cccc(Cl)n3)CC2)cc1. The average molecular weight is 345 g/mol. The summed E-state index contributed by atoms with van der Waals surface area (Å²) in [5.74, 6) is 0.824. The standard InChI is InChI=1S/C17H17ClN4O2/c18-15-2-1-3-16(20-15)21-8-10-22(11-9-21)17(24)13-4-6-14(7-5-13)19-12-23/h1-7,12H,8-11H2,(H,19,23). The molecule has 1 aromatic carbocycles. The number of benzene rings is 1. The number of anilines is 2. The lowest BCUT2D eigenvalue weighted by molar-refractivity contribution is -0.105. The molecule has 0 aliphatic carbocycles. The van der Waals surface area contributed by atoms with E-state index >= 15 is 0 Å². The van der Waals surface area contributed by atoms with Crippen LogP contribution < -0.4 is 10.2 Å². The fourth-order valence-electron chi connectivity index (χ4n) is 2.67. The molecular formula is C17H17ClN4O2. The summed E-state index contributed by atoms with van der Waals surface area (Å²) in [6, 6.07) is 12.4.